The van der Waals surface area contributed by atoms with Gasteiger partial charge in [-0.2, -0.15) is 0 Å². The smallest absolute Gasteiger partial charge is 0.402 e. The fourth-order valence-electron chi connectivity index (χ4n) is 1.47. The molecule has 0 aromatic rings. The van der Waals surface area contributed by atoms with Crippen molar-refractivity contribution in [1.29, 1.82) is 0 Å². The molecule has 0 saturated carbocycles. The fourth-order valence-corrected chi connectivity index (χ4v) is 1.47. The van der Waals surface area contributed by atoms with Crippen molar-refractivity contribution in [2.45, 2.75) is 65.2 Å². The van der Waals surface area contributed by atoms with Gasteiger partial charge in [-0.3, -0.25) is 0 Å². The molecule has 0 unspecified atom stereocenters. The molecule has 16 heavy (non-hydrogen) atoms. The van der Waals surface area contributed by atoms with E-state index < -0.39 is 7.32 Å². The van der Waals surface area contributed by atoms with Crippen LogP contribution in [0.5, 0.6) is 0 Å². The monoisotopic (exact) mass is 230 g/mol. The summed E-state index contributed by atoms with van der Waals surface area (Å²) in [6.45, 7) is 5.54. The van der Waals surface area contributed by atoms with E-state index in [1.54, 1.807) is 0 Å². The van der Waals surface area contributed by atoms with E-state index in [-0.39, 0.29) is 0 Å². The average Bonchev–Trinajstić information content (AvgIpc) is 2.28. The predicted octanol–water partition coefficient (Wildman–Crippen LogP) is 3.16. The van der Waals surface area contributed by atoms with Crippen molar-refractivity contribution in [2.75, 3.05) is 13.2 Å². The first-order valence-electron chi connectivity index (χ1n) is 6.72. The summed E-state index contributed by atoms with van der Waals surface area (Å²) in [7, 11) is -1.02. The van der Waals surface area contributed by atoms with Gasteiger partial charge in [-0.25, -0.2) is 0 Å². The third-order valence-corrected chi connectivity index (χ3v) is 2.52. The van der Waals surface area contributed by atoms with E-state index in [4.69, 9.17) is 9.31 Å². The minimum absolute atomic E-state index is 0.593. The summed E-state index contributed by atoms with van der Waals surface area (Å²) in [5, 5.41) is 9.32. The van der Waals surface area contributed by atoms with Gasteiger partial charge in [0.15, 0.2) is 0 Å². The van der Waals surface area contributed by atoms with E-state index in [9.17, 15) is 5.02 Å². The Balaban J connectivity index is 3.09. The van der Waals surface area contributed by atoms with Gasteiger partial charge >= 0.3 is 7.32 Å². The molecular formula is C12H27BO3. The van der Waals surface area contributed by atoms with Crippen molar-refractivity contribution < 1.29 is 14.3 Å². The topological polar surface area (TPSA) is 38.7 Å². The van der Waals surface area contributed by atoms with Crippen molar-refractivity contribution >= 4 is 7.32 Å². The molecule has 0 bridgehead atoms. The van der Waals surface area contributed by atoms with Crippen molar-refractivity contribution in [3.8, 4) is 0 Å². The van der Waals surface area contributed by atoms with E-state index in [0.29, 0.717) is 13.2 Å². The molecule has 0 atom stereocenters. The van der Waals surface area contributed by atoms with Crippen molar-refractivity contribution in [1.82, 2.24) is 0 Å². The van der Waals surface area contributed by atoms with Crippen LogP contribution in [0.25, 0.3) is 0 Å². The molecule has 1 N–H and O–H groups in total. The molecule has 0 radical (unpaired) electrons. The lowest BCUT2D eigenvalue weighted by molar-refractivity contribution is 0.128. The Hall–Kier alpha value is -0.0551. The van der Waals surface area contributed by atoms with Crippen LogP contribution in [0.1, 0.15) is 65.2 Å². The van der Waals surface area contributed by atoms with Gasteiger partial charge in [-0.1, -0.05) is 52.4 Å². The maximum absolute atomic E-state index is 9.32. The molecule has 0 aromatic heterocycles. The van der Waals surface area contributed by atoms with Crippen molar-refractivity contribution in [3.05, 3.63) is 0 Å². The molecule has 0 aliphatic heterocycles. The first kappa shape index (κ1) is 15.9. The number of unbranched alkanes of at least 4 members (excludes halogenated alkanes) is 6. The summed E-state index contributed by atoms with van der Waals surface area (Å²) >= 11 is 0. The Morgan fingerprint density at radius 2 is 1.19 bits per heavy atom. The summed E-state index contributed by atoms with van der Waals surface area (Å²) in [6, 6.07) is 0. The van der Waals surface area contributed by atoms with Crippen molar-refractivity contribution in [3.63, 3.8) is 0 Å². The Morgan fingerprint density at radius 1 is 0.750 bits per heavy atom. The van der Waals surface area contributed by atoms with E-state index in [1.807, 2.05) is 0 Å². The van der Waals surface area contributed by atoms with Gasteiger partial charge in [0.2, 0.25) is 0 Å². The summed E-state index contributed by atoms with van der Waals surface area (Å²) < 4.78 is 10.3. The van der Waals surface area contributed by atoms with Crippen LogP contribution in [-0.4, -0.2) is 25.6 Å². The molecule has 3 nitrogen and oxygen atoms in total. The lowest BCUT2D eigenvalue weighted by Crippen LogP contribution is -2.23. The summed E-state index contributed by atoms with van der Waals surface area (Å²) in [4.78, 5) is 0. The standard InChI is InChI=1S/C12H27BO3/c1-3-5-7-9-11-15-13(14)16-12-10-8-6-4-2/h14H,3-12H2,1-2H3. The highest BCUT2D eigenvalue weighted by molar-refractivity contribution is 6.34. The molecule has 0 spiro atoms. The normalized spacial score (nSPS) is 10.7. The van der Waals surface area contributed by atoms with Crippen LogP contribution < -0.4 is 0 Å². The molecule has 96 valence electrons. The van der Waals surface area contributed by atoms with E-state index >= 15 is 0 Å². The number of hydrogen-bond acceptors (Lipinski definition) is 3. The predicted molar refractivity (Wildman–Crippen MR) is 68.2 cm³/mol. The van der Waals surface area contributed by atoms with Gasteiger partial charge < -0.3 is 14.3 Å². The summed E-state index contributed by atoms with van der Waals surface area (Å²) in [5.41, 5.74) is 0. The zero-order chi connectivity index (χ0) is 12.1. The lowest BCUT2D eigenvalue weighted by Gasteiger charge is -2.08. The van der Waals surface area contributed by atoms with Gasteiger partial charge in [0.05, 0.1) is 0 Å². The van der Waals surface area contributed by atoms with Crippen LogP contribution >= 0.6 is 0 Å². The Morgan fingerprint density at radius 3 is 1.56 bits per heavy atom. The minimum atomic E-state index is -1.02. The lowest BCUT2D eigenvalue weighted by atomic mass is 10.2. The SMILES string of the molecule is CCCCCCOB(O)OCCCCCC. The zero-order valence-corrected chi connectivity index (χ0v) is 10.9. The third kappa shape index (κ3) is 12.0. The van der Waals surface area contributed by atoms with Crippen LogP contribution in [0.2, 0.25) is 0 Å². The third-order valence-electron chi connectivity index (χ3n) is 2.52. The average molecular weight is 230 g/mol. The van der Waals surface area contributed by atoms with E-state index in [2.05, 4.69) is 13.8 Å². The molecule has 0 saturated heterocycles. The highest BCUT2D eigenvalue weighted by Gasteiger charge is 2.14. The van der Waals surface area contributed by atoms with Crippen LogP contribution in [0.4, 0.5) is 0 Å². The van der Waals surface area contributed by atoms with Crippen LogP contribution in [0.3, 0.4) is 0 Å². The van der Waals surface area contributed by atoms with Crippen molar-refractivity contribution in [2.24, 2.45) is 0 Å². The van der Waals surface area contributed by atoms with Gasteiger partial charge in [0.1, 0.15) is 0 Å². The second-order valence-corrected chi connectivity index (χ2v) is 4.17. The molecule has 0 fully saturated rings. The molecule has 0 aliphatic carbocycles. The molecule has 0 rings (SSSR count). The van der Waals surface area contributed by atoms with Gasteiger partial charge in [0, 0.05) is 13.2 Å². The first-order chi connectivity index (χ1) is 7.81. The quantitative estimate of drug-likeness (QED) is 0.413. The van der Waals surface area contributed by atoms with Crippen LogP contribution in [-0.2, 0) is 9.31 Å². The molecular weight excluding hydrogens is 203 g/mol. The Kier molecular flexibility index (Phi) is 13.0. The van der Waals surface area contributed by atoms with E-state index in [1.165, 1.54) is 38.5 Å². The van der Waals surface area contributed by atoms with Gasteiger partial charge in [-0.05, 0) is 12.8 Å². The Bertz CT molecular complexity index is 119. The highest BCUT2D eigenvalue weighted by Crippen LogP contribution is 2.01. The van der Waals surface area contributed by atoms with E-state index in [0.717, 1.165) is 12.8 Å². The summed E-state index contributed by atoms with van der Waals surface area (Å²) in [5.74, 6) is 0. The molecule has 0 heterocycles. The van der Waals surface area contributed by atoms with Crippen LogP contribution in [0.15, 0.2) is 0 Å². The van der Waals surface area contributed by atoms with Crippen LogP contribution in [0, 0.1) is 0 Å². The maximum atomic E-state index is 9.32. The minimum Gasteiger partial charge on any atom is -0.402 e. The molecule has 0 amide bonds. The molecule has 0 aromatic carbocycles. The zero-order valence-electron chi connectivity index (χ0n) is 10.9. The fraction of sp³-hybridized carbons (Fsp3) is 1.00. The molecule has 4 heteroatoms. The van der Waals surface area contributed by atoms with Gasteiger partial charge in [-0.15, -0.1) is 0 Å². The maximum Gasteiger partial charge on any atom is 0.636 e. The second-order valence-electron chi connectivity index (χ2n) is 4.17. The largest absolute Gasteiger partial charge is 0.636 e. The molecule has 0 aliphatic rings. The number of hydrogen-bond donors (Lipinski definition) is 1. The highest BCUT2D eigenvalue weighted by atomic mass is 16.7. The number of rotatable bonds is 12. The first-order valence-corrected chi connectivity index (χ1v) is 6.72. The second kappa shape index (κ2) is 13.0. The summed E-state index contributed by atoms with van der Waals surface area (Å²) in [6.07, 6.45) is 9.25. The van der Waals surface area contributed by atoms with Gasteiger partial charge in [0.25, 0.3) is 0 Å². The Labute approximate surface area is 101 Å².